The Morgan fingerprint density at radius 1 is 1.33 bits per heavy atom. The summed E-state index contributed by atoms with van der Waals surface area (Å²) in [5.41, 5.74) is 2.68. The third-order valence-electron chi connectivity index (χ3n) is 4.39. The smallest absolute Gasteiger partial charge is 0.267 e. The molecule has 1 aliphatic rings. The lowest BCUT2D eigenvalue weighted by Gasteiger charge is -2.25. The molecule has 124 valence electrons. The zero-order valence-electron chi connectivity index (χ0n) is 13.3. The molecule has 0 radical (unpaired) electrons. The Kier molecular flexibility index (Phi) is 3.57. The zero-order chi connectivity index (χ0) is 16.7. The lowest BCUT2D eigenvalue weighted by atomic mass is 10.1. The van der Waals surface area contributed by atoms with E-state index in [1.807, 2.05) is 7.05 Å². The number of hydrogen-bond donors (Lipinski definition) is 1. The normalized spacial score (nSPS) is 14.8. The van der Waals surface area contributed by atoms with Gasteiger partial charge in [0.25, 0.3) is 5.56 Å². The molecule has 0 saturated carbocycles. The summed E-state index contributed by atoms with van der Waals surface area (Å²) in [6.07, 6.45) is 2.38. The fourth-order valence-corrected chi connectivity index (χ4v) is 3.10. The molecule has 24 heavy (non-hydrogen) atoms. The average molecular weight is 328 g/mol. The van der Waals surface area contributed by atoms with Crippen molar-refractivity contribution in [2.24, 2.45) is 7.05 Å². The van der Waals surface area contributed by atoms with Crippen molar-refractivity contribution in [3.05, 3.63) is 63.8 Å². The van der Waals surface area contributed by atoms with Gasteiger partial charge in [-0.1, -0.05) is 0 Å². The van der Waals surface area contributed by atoms with Gasteiger partial charge in [0.1, 0.15) is 5.82 Å². The van der Waals surface area contributed by atoms with Crippen molar-refractivity contribution in [1.29, 1.82) is 0 Å². The van der Waals surface area contributed by atoms with Crippen LogP contribution in [-0.4, -0.2) is 26.2 Å². The predicted molar refractivity (Wildman–Crippen MR) is 85.7 cm³/mol. The molecule has 0 atom stereocenters. The fraction of sp³-hybridized carbons (Fsp3) is 0.294. The van der Waals surface area contributed by atoms with Crippen LogP contribution in [-0.2, 0) is 26.6 Å². The lowest BCUT2D eigenvalue weighted by molar-refractivity contribution is 0.216. The summed E-state index contributed by atoms with van der Waals surface area (Å²) in [6.45, 7) is 2.03. The van der Waals surface area contributed by atoms with Crippen LogP contribution in [0.1, 0.15) is 17.1 Å². The van der Waals surface area contributed by atoms with Gasteiger partial charge < -0.3 is 4.42 Å². The largest absolute Gasteiger partial charge is 0.439 e. The first-order valence-corrected chi connectivity index (χ1v) is 7.80. The molecule has 0 unspecified atom stereocenters. The van der Waals surface area contributed by atoms with Crippen LogP contribution < -0.4 is 5.56 Å². The lowest BCUT2D eigenvalue weighted by Crippen LogP contribution is -2.32. The van der Waals surface area contributed by atoms with Crippen molar-refractivity contribution in [2.75, 3.05) is 6.54 Å². The number of nitrogens with one attached hydrogen (secondary N) is 1. The quantitative estimate of drug-likeness (QED) is 0.799. The maximum atomic E-state index is 13.0. The van der Waals surface area contributed by atoms with Crippen LogP contribution in [0.5, 0.6) is 0 Å². The van der Waals surface area contributed by atoms with Gasteiger partial charge in [-0.3, -0.25) is 19.5 Å². The molecule has 0 bridgehead atoms. The van der Waals surface area contributed by atoms with Crippen LogP contribution in [0.3, 0.4) is 0 Å². The molecule has 0 fully saturated rings. The van der Waals surface area contributed by atoms with Gasteiger partial charge in [-0.15, -0.1) is 0 Å². The van der Waals surface area contributed by atoms with Gasteiger partial charge in [0.05, 0.1) is 18.4 Å². The van der Waals surface area contributed by atoms with E-state index < -0.39 is 0 Å². The van der Waals surface area contributed by atoms with Gasteiger partial charge in [0.15, 0.2) is 5.76 Å². The van der Waals surface area contributed by atoms with Gasteiger partial charge in [-0.25, -0.2) is 9.37 Å². The minimum atomic E-state index is -0.278. The van der Waals surface area contributed by atoms with Crippen molar-refractivity contribution >= 4 is 0 Å². The molecule has 1 aromatic carbocycles. The number of aromatic amines is 1. The molecule has 7 heteroatoms. The van der Waals surface area contributed by atoms with E-state index in [-0.39, 0.29) is 11.4 Å². The number of fused-ring (bicyclic) bond motifs is 1. The Morgan fingerprint density at radius 3 is 2.92 bits per heavy atom. The molecule has 3 heterocycles. The fourth-order valence-electron chi connectivity index (χ4n) is 3.10. The highest BCUT2D eigenvalue weighted by molar-refractivity contribution is 5.55. The van der Waals surface area contributed by atoms with Crippen molar-refractivity contribution in [3.63, 3.8) is 0 Å². The Morgan fingerprint density at radius 2 is 2.12 bits per heavy atom. The average Bonchev–Trinajstić information content (AvgIpc) is 3.14. The molecule has 1 N–H and O–H groups in total. The molecular weight excluding hydrogens is 311 g/mol. The number of halogens is 1. The molecule has 0 saturated heterocycles. The number of aromatic nitrogens is 3. The molecular formula is C17H17FN4O2. The summed E-state index contributed by atoms with van der Waals surface area (Å²) >= 11 is 0. The maximum Gasteiger partial charge on any atom is 0.267 e. The van der Waals surface area contributed by atoms with Crippen LogP contribution >= 0.6 is 0 Å². The molecule has 6 nitrogen and oxygen atoms in total. The number of H-pyrrole nitrogens is 1. The summed E-state index contributed by atoms with van der Waals surface area (Å²) in [6, 6.07) is 6.14. The van der Waals surface area contributed by atoms with Crippen molar-refractivity contribution in [1.82, 2.24) is 19.7 Å². The highest BCUT2D eigenvalue weighted by Crippen LogP contribution is 2.22. The van der Waals surface area contributed by atoms with Crippen LogP contribution in [0.25, 0.3) is 11.3 Å². The van der Waals surface area contributed by atoms with E-state index in [2.05, 4.69) is 15.0 Å². The van der Waals surface area contributed by atoms with E-state index >= 15 is 0 Å². The van der Waals surface area contributed by atoms with Crippen LogP contribution in [0, 0.1) is 5.82 Å². The van der Waals surface area contributed by atoms with E-state index in [1.54, 1.807) is 23.0 Å². The van der Waals surface area contributed by atoms with Gasteiger partial charge >= 0.3 is 0 Å². The van der Waals surface area contributed by atoms with E-state index in [0.29, 0.717) is 24.7 Å². The van der Waals surface area contributed by atoms with Gasteiger partial charge in [-0.05, 0) is 30.7 Å². The summed E-state index contributed by atoms with van der Waals surface area (Å²) in [5.74, 6) is 0.953. The van der Waals surface area contributed by atoms with Gasteiger partial charge in [0, 0.05) is 31.3 Å². The second-order valence-corrected chi connectivity index (χ2v) is 6.01. The number of rotatable bonds is 3. The highest BCUT2D eigenvalue weighted by atomic mass is 19.1. The van der Waals surface area contributed by atoms with E-state index in [0.717, 1.165) is 29.8 Å². The molecule has 0 spiro atoms. The number of benzene rings is 1. The standard InChI is InChI=1S/C17H17FN4O2/c1-21-14-9-22(7-6-13(14)17(23)20-21)10-16-19-8-15(24-16)11-2-4-12(18)5-3-11/h2-5,8H,6-7,9-10H2,1H3,(H,20,23). The van der Waals surface area contributed by atoms with Crippen LogP contribution in [0.4, 0.5) is 4.39 Å². The topological polar surface area (TPSA) is 67.1 Å². The van der Waals surface area contributed by atoms with Crippen molar-refractivity contribution < 1.29 is 8.81 Å². The predicted octanol–water partition coefficient (Wildman–Crippen LogP) is 2.07. The minimum absolute atomic E-state index is 0.00173. The van der Waals surface area contributed by atoms with Gasteiger partial charge in [0.2, 0.25) is 5.89 Å². The monoisotopic (exact) mass is 328 g/mol. The number of oxazole rings is 1. The summed E-state index contributed by atoms with van der Waals surface area (Å²) in [4.78, 5) is 18.3. The van der Waals surface area contributed by atoms with E-state index in [9.17, 15) is 9.18 Å². The number of aryl methyl sites for hydroxylation is 1. The van der Waals surface area contributed by atoms with Crippen LogP contribution in [0.2, 0.25) is 0 Å². The SMILES string of the molecule is Cn1[nH]c(=O)c2c1CN(Cc1ncc(-c3ccc(F)cc3)o1)CC2. The molecule has 0 amide bonds. The number of nitrogens with zero attached hydrogens (tertiary/aromatic N) is 3. The highest BCUT2D eigenvalue weighted by Gasteiger charge is 2.23. The second-order valence-electron chi connectivity index (χ2n) is 6.01. The molecule has 0 aliphatic carbocycles. The number of hydrogen-bond acceptors (Lipinski definition) is 4. The summed E-state index contributed by atoms with van der Waals surface area (Å²) in [5, 5.41) is 2.80. The van der Waals surface area contributed by atoms with E-state index in [1.165, 1.54) is 12.1 Å². The molecule has 2 aromatic heterocycles. The Hall–Kier alpha value is -2.67. The first-order chi connectivity index (χ1) is 11.6. The Balaban J connectivity index is 1.50. The maximum absolute atomic E-state index is 13.0. The molecule has 3 aromatic rings. The minimum Gasteiger partial charge on any atom is -0.439 e. The van der Waals surface area contributed by atoms with E-state index in [4.69, 9.17) is 4.42 Å². The third kappa shape index (κ3) is 2.67. The Bertz CT molecular complexity index is 923. The van der Waals surface area contributed by atoms with Gasteiger partial charge in [-0.2, -0.15) is 0 Å². The first-order valence-electron chi connectivity index (χ1n) is 7.80. The zero-order valence-corrected chi connectivity index (χ0v) is 13.3. The molecule has 4 rings (SSSR count). The second kappa shape index (κ2) is 5.76. The first kappa shape index (κ1) is 14.9. The van der Waals surface area contributed by atoms with Crippen molar-refractivity contribution in [2.45, 2.75) is 19.5 Å². The van der Waals surface area contributed by atoms with Crippen LogP contribution in [0.15, 0.2) is 39.7 Å². The molecule has 1 aliphatic heterocycles. The summed E-state index contributed by atoms with van der Waals surface area (Å²) < 4.78 is 20.6. The third-order valence-corrected chi connectivity index (χ3v) is 4.39. The van der Waals surface area contributed by atoms with Crippen molar-refractivity contribution in [3.8, 4) is 11.3 Å². The Labute approximate surface area is 137 Å². The summed E-state index contributed by atoms with van der Waals surface area (Å²) in [7, 11) is 1.85.